The first-order chi connectivity index (χ1) is 9.08. The van der Waals surface area contributed by atoms with Crippen molar-refractivity contribution >= 4 is 0 Å². The van der Waals surface area contributed by atoms with Crippen LogP contribution in [0.3, 0.4) is 0 Å². The quantitative estimate of drug-likeness (QED) is 0.924. The summed E-state index contributed by atoms with van der Waals surface area (Å²) in [5.74, 6) is -1.07. The van der Waals surface area contributed by atoms with Crippen molar-refractivity contribution in [3.8, 4) is 0 Å². The summed E-state index contributed by atoms with van der Waals surface area (Å²) in [6.07, 6.45) is 2.74. The molecule has 100 valence electrons. The Morgan fingerprint density at radius 2 is 2.11 bits per heavy atom. The molecule has 3 rings (SSSR count). The van der Waals surface area contributed by atoms with E-state index in [1.807, 2.05) is 0 Å². The molecule has 0 aliphatic heterocycles. The zero-order valence-electron chi connectivity index (χ0n) is 10.2. The zero-order valence-corrected chi connectivity index (χ0v) is 10.2. The van der Waals surface area contributed by atoms with E-state index in [2.05, 4.69) is 10.1 Å². The summed E-state index contributed by atoms with van der Waals surface area (Å²) in [7, 11) is 0. The van der Waals surface area contributed by atoms with Crippen LogP contribution in [0.4, 0.5) is 8.78 Å². The molecule has 0 amide bonds. The van der Waals surface area contributed by atoms with Gasteiger partial charge in [-0.1, -0.05) is 17.3 Å². The average Bonchev–Trinajstić information content (AvgIpc) is 2.81. The van der Waals surface area contributed by atoms with Crippen LogP contribution in [0.1, 0.15) is 36.5 Å². The normalized spacial score (nSPS) is 17.2. The zero-order chi connectivity index (χ0) is 13.5. The second-order valence-corrected chi connectivity index (χ2v) is 4.91. The van der Waals surface area contributed by atoms with Gasteiger partial charge in [0.1, 0.15) is 0 Å². The summed E-state index contributed by atoms with van der Waals surface area (Å²) >= 11 is 0. The van der Waals surface area contributed by atoms with Gasteiger partial charge in [-0.05, 0) is 25.3 Å². The summed E-state index contributed by atoms with van der Waals surface area (Å²) in [5.41, 5.74) is 5.74. The smallest absolute Gasteiger partial charge is 0.231 e. The third-order valence-corrected chi connectivity index (χ3v) is 3.53. The van der Waals surface area contributed by atoms with E-state index in [0.717, 1.165) is 25.3 Å². The second-order valence-electron chi connectivity index (χ2n) is 4.91. The summed E-state index contributed by atoms with van der Waals surface area (Å²) < 4.78 is 31.6. The molecular formula is C13H13F2N3O. The lowest BCUT2D eigenvalue weighted by Gasteiger charge is -2.34. The number of halogens is 2. The highest BCUT2D eigenvalue weighted by Gasteiger charge is 2.38. The predicted molar refractivity (Wildman–Crippen MR) is 63.2 cm³/mol. The fourth-order valence-corrected chi connectivity index (χ4v) is 2.16. The van der Waals surface area contributed by atoms with Crippen molar-refractivity contribution in [3.63, 3.8) is 0 Å². The van der Waals surface area contributed by atoms with E-state index in [1.165, 1.54) is 12.1 Å². The van der Waals surface area contributed by atoms with E-state index in [1.54, 1.807) is 0 Å². The molecule has 1 aliphatic carbocycles. The molecule has 0 spiro atoms. The maximum Gasteiger partial charge on any atom is 0.231 e. The monoisotopic (exact) mass is 265 g/mol. The Morgan fingerprint density at radius 1 is 1.32 bits per heavy atom. The molecule has 4 nitrogen and oxygen atoms in total. The lowest BCUT2D eigenvalue weighted by molar-refractivity contribution is 0.229. The molecule has 0 bridgehead atoms. The molecule has 1 fully saturated rings. The number of nitrogens with zero attached hydrogens (tertiary/aromatic N) is 2. The van der Waals surface area contributed by atoms with Crippen LogP contribution < -0.4 is 5.73 Å². The Kier molecular flexibility index (Phi) is 2.82. The van der Waals surface area contributed by atoms with Gasteiger partial charge in [-0.25, -0.2) is 8.78 Å². The van der Waals surface area contributed by atoms with Gasteiger partial charge in [0.2, 0.25) is 5.89 Å². The van der Waals surface area contributed by atoms with E-state index in [4.69, 9.17) is 10.3 Å². The van der Waals surface area contributed by atoms with Gasteiger partial charge in [0, 0.05) is 5.56 Å². The molecular weight excluding hydrogens is 252 g/mol. The minimum atomic E-state index is -0.883. The van der Waals surface area contributed by atoms with Gasteiger partial charge >= 0.3 is 0 Å². The van der Waals surface area contributed by atoms with Crippen LogP contribution in [0.5, 0.6) is 0 Å². The predicted octanol–water partition coefficient (Wildman–Crippen LogP) is 2.28. The molecule has 2 aromatic rings. The summed E-state index contributed by atoms with van der Waals surface area (Å²) in [5, 5.41) is 3.83. The van der Waals surface area contributed by atoms with Crippen molar-refractivity contribution in [3.05, 3.63) is 47.1 Å². The fraction of sp³-hybridized carbons (Fsp3) is 0.385. The lowest BCUT2D eigenvalue weighted by atomic mass is 9.77. The topological polar surface area (TPSA) is 64.9 Å². The molecule has 0 atom stereocenters. The van der Waals surface area contributed by atoms with Gasteiger partial charge in [-0.3, -0.25) is 0 Å². The van der Waals surface area contributed by atoms with Crippen LogP contribution >= 0.6 is 0 Å². The van der Waals surface area contributed by atoms with Crippen molar-refractivity contribution in [2.75, 3.05) is 0 Å². The molecule has 1 saturated carbocycles. The van der Waals surface area contributed by atoms with Crippen molar-refractivity contribution in [1.82, 2.24) is 10.1 Å². The number of nitrogens with two attached hydrogens (primary N) is 1. The number of hydrogen-bond donors (Lipinski definition) is 1. The Bertz CT molecular complexity index is 608. The van der Waals surface area contributed by atoms with Gasteiger partial charge < -0.3 is 10.3 Å². The molecule has 19 heavy (non-hydrogen) atoms. The minimum Gasteiger partial charge on any atom is -0.339 e. The van der Waals surface area contributed by atoms with Crippen LogP contribution in [-0.4, -0.2) is 10.1 Å². The minimum absolute atomic E-state index is 0.0622. The Balaban J connectivity index is 1.82. The van der Waals surface area contributed by atoms with Crippen molar-refractivity contribution in [2.45, 2.75) is 31.2 Å². The highest BCUT2D eigenvalue weighted by molar-refractivity contribution is 5.22. The Morgan fingerprint density at radius 3 is 2.79 bits per heavy atom. The number of hydrogen-bond acceptors (Lipinski definition) is 4. The van der Waals surface area contributed by atoms with E-state index in [0.29, 0.717) is 5.82 Å². The van der Waals surface area contributed by atoms with Gasteiger partial charge in [0.25, 0.3) is 0 Å². The van der Waals surface area contributed by atoms with Crippen molar-refractivity contribution in [1.29, 1.82) is 0 Å². The van der Waals surface area contributed by atoms with E-state index >= 15 is 0 Å². The maximum atomic E-state index is 13.5. The molecule has 1 heterocycles. The SMILES string of the molecule is NC1(c2noc(Cc3cccc(F)c3F)n2)CCC1. The van der Waals surface area contributed by atoms with E-state index in [-0.39, 0.29) is 17.9 Å². The highest BCUT2D eigenvalue weighted by Crippen LogP contribution is 2.36. The third kappa shape index (κ3) is 2.12. The van der Waals surface area contributed by atoms with E-state index < -0.39 is 17.2 Å². The van der Waals surface area contributed by atoms with Crippen molar-refractivity contribution in [2.24, 2.45) is 5.73 Å². The van der Waals surface area contributed by atoms with Crippen molar-refractivity contribution < 1.29 is 13.3 Å². The lowest BCUT2D eigenvalue weighted by Crippen LogP contribution is -2.44. The second kappa shape index (κ2) is 4.38. The van der Waals surface area contributed by atoms with Crippen LogP contribution in [0, 0.1) is 11.6 Å². The molecule has 1 aliphatic rings. The Labute approximate surface area is 108 Å². The number of benzene rings is 1. The van der Waals surface area contributed by atoms with Gasteiger partial charge in [-0.15, -0.1) is 0 Å². The third-order valence-electron chi connectivity index (χ3n) is 3.53. The average molecular weight is 265 g/mol. The summed E-state index contributed by atoms with van der Waals surface area (Å²) in [6.45, 7) is 0. The first kappa shape index (κ1) is 12.2. The molecule has 0 unspecified atom stereocenters. The molecule has 0 radical (unpaired) electrons. The van der Waals surface area contributed by atoms with Crippen LogP contribution in [-0.2, 0) is 12.0 Å². The standard InChI is InChI=1S/C13H13F2N3O/c14-9-4-1-3-8(11(9)15)7-10-17-12(18-19-10)13(16)5-2-6-13/h1,3-4H,2,5-7,16H2. The largest absolute Gasteiger partial charge is 0.339 e. The first-order valence-corrected chi connectivity index (χ1v) is 6.13. The van der Waals surface area contributed by atoms with Gasteiger partial charge in [-0.2, -0.15) is 4.98 Å². The van der Waals surface area contributed by atoms with Crippen LogP contribution in [0.25, 0.3) is 0 Å². The number of rotatable bonds is 3. The molecule has 2 N–H and O–H groups in total. The highest BCUT2D eigenvalue weighted by atomic mass is 19.2. The van der Waals surface area contributed by atoms with Crippen LogP contribution in [0.15, 0.2) is 22.7 Å². The van der Waals surface area contributed by atoms with Crippen LogP contribution in [0.2, 0.25) is 0 Å². The summed E-state index contributed by atoms with van der Waals surface area (Å²) in [6, 6.07) is 4.01. The molecule has 0 saturated heterocycles. The first-order valence-electron chi connectivity index (χ1n) is 6.13. The molecule has 1 aromatic heterocycles. The maximum absolute atomic E-state index is 13.5. The van der Waals surface area contributed by atoms with Gasteiger partial charge in [0.15, 0.2) is 17.5 Å². The molecule has 6 heteroatoms. The Hall–Kier alpha value is -1.82. The van der Waals surface area contributed by atoms with Gasteiger partial charge in [0.05, 0.1) is 12.0 Å². The fourth-order valence-electron chi connectivity index (χ4n) is 2.16. The van der Waals surface area contributed by atoms with E-state index in [9.17, 15) is 8.78 Å². The molecule has 1 aromatic carbocycles. The number of aromatic nitrogens is 2. The summed E-state index contributed by atoms with van der Waals surface area (Å²) in [4.78, 5) is 4.18.